The minimum Gasteiger partial charge on any atom is -0.489 e. The van der Waals surface area contributed by atoms with Crippen molar-refractivity contribution in [2.75, 3.05) is 17.2 Å². The van der Waals surface area contributed by atoms with E-state index in [4.69, 9.17) is 4.74 Å². The molecule has 3 rings (SSSR count). The van der Waals surface area contributed by atoms with Crippen LogP contribution in [-0.4, -0.2) is 12.5 Å². The van der Waals surface area contributed by atoms with Gasteiger partial charge in [0.25, 0.3) is 0 Å². The van der Waals surface area contributed by atoms with E-state index in [2.05, 4.69) is 10.6 Å². The van der Waals surface area contributed by atoms with Crippen LogP contribution in [0.1, 0.15) is 17.5 Å². The van der Waals surface area contributed by atoms with Gasteiger partial charge in [-0.2, -0.15) is 0 Å². The fraction of sp³-hybridized carbons (Fsp3) is 0.174. The summed E-state index contributed by atoms with van der Waals surface area (Å²) < 4.78 is 5.77. The predicted molar refractivity (Wildman–Crippen MR) is 110 cm³/mol. The average Bonchev–Trinajstić information content (AvgIpc) is 2.68. The minimum atomic E-state index is -0.00378. The van der Waals surface area contributed by atoms with Gasteiger partial charge in [0.15, 0.2) is 0 Å². The number of hydrogen-bond acceptors (Lipinski definition) is 3. The number of rotatable bonds is 8. The lowest BCUT2D eigenvalue weighted by Crippen LogP contribution is -2.16. The Bertz CT molecular complexity index is 861. The highest BCUT2D eigenvalue weighted by Crippen LogP contribution is 2.17. The summed E-state index contributed by atoms with van der Waals surface area (Å²) in [5, 5.41) is 6.17. The van der Waals surface area contributed by atoms with Crippen LogP contribution in [0.3, 0.4) is 0 Å². The van der Waals surface area contributed by atoms with Gasteiger partial charge >= 0.3 is 0 Å². The third-order valence-electron chi connectivity index (χ3n) is 4.09. The number of carbonyl (C=O) groups is 1. The van der Waals surface area contributed by atoms with E-state index in [1.54, 1.807) is 0 Å². The topological polar surface area (TPSA) is 50.4 Å². The quantitative estimate of drug-likeness (QED) is 0.593. The first kappa shape index (κ1) is 18.5. The normalized spacial score (nSPS) is 10.3. The summed E-state index contributed by atoms with van der Waals surface area (Å²) in [6.07, 6.45) is 0.403. The molecule has 4 heteroatoms. The number of nitrogens with one attached hydrogen (secondary N) is 2. The van der Waals surface area contributed by atoms with Gasteiger partial charge in [-0.05, 0) is 54.4 Å². The van der Waals surface area contributed by atoms with Crippen molar-refractivity contribution in [3.05, 3.63) is 90.0 Å². The van der Waals surface area contributed by atoms with Crippen molar-refractivity contribution < 1.29 is 9.53 Å². The van der Waals surface area contributed by atoms with Crippen molar-refractivity contribution in [1.82, 2.24) is 0 Å². The van der Waals surface area contributed by atoms with E-state index in [0.717, 1.165) is 28.3 Å². The standard InChI is InChI=1S/C23H24N2O2/c1-18-6-5-9-21(16-18)25-23(26)14-15-24-20-10-12-22(13-11-20)27-17-19-7-3-2-4-8-19/h2-13,16,24H,14-15,17H2,1H3,(H,25,26). The summed E-state index contributed by atoms with van der Waals surface area (Å²) in [6, 6.07) is 25.6. The zero-order valence-corrected chi connectivity index (χ0v) is 15.4. The van der Waals surface area contributed by atoms with Crippen LogP contribution < -0.4 is 15.4 Å². The lowest BCUT2D eigenvalue weighted by molar-refractivity contribution is -0.115. The molecule has 4 nitrogen and oxygen atoms in total. The van der Waals surface area contributed by atoms with Gasteiger partial charge in [-0.3, -0.25) is 4.79 Å². The summed E-state index contributed by atoms with van der Waals surface area (Å²) in [6.45, 7) is 3.12. The molecule has 0 atom stereocenters. The number of benzene rings is 3. The molecule has 27 heavy (non-hydrogen) atoms. The first-order valence-corrected chi connectivity index (χ1v) is 9.06. The maximum Gasteiger partial charge on any atom is 0.226 e. The molecule has 0 aliphatic rings. The van der Waals surface area contributed by atoms with Gasteiger partial charge in [0, 0.05) is 24.3 Å². The van der Waals surface area contributed by atoms with E-state index < -0.39 is 0 Å². The van der Waals surface area contributed by atoms with Gasteiger partial charge in [-0.25, -0.2) is 0 Å². The molecule has 0 aromatic heterocycles. The summed E-state index contributed by atoms with van der Waals surface area (Å²) in [5.41, 5.74) is 4.06. The van der Waals surface area contributed by atoms with Crippen LogP contribution in [0.15, 0.2) is 78.9 Å². The third-order valence-corrected chi connectivity index (χ3v) is 4.09. The molecule has 0 heterocycles. The maximum atomic E-state index is 12.0. The highest BCUT2D eigenvalue weighted by molar-refractivity contribution is 5.91. The number of hydrogen-bond donors (Lipinski definition) is 2. The molecule has 0 radical (unpaired) electrons. The van der Waals surface area contributed by atoms with E-state index in [0.29, 0.717) is 19.6 Å². The maximum absolute atomic E-state index is 12.0. The average molecular weight is 360 g/mol. The Balaban J connectivity index is 1.40. The molecule has 2 N–H and O–H groups in total. The lowest BCUT2D eigenvalue weighted by Gasteiger charge is -2.10. The van der Waals surface area contributed by atoms with Crippen molar-refractivity contribution in [2.45, 2.75) is 20.0 Å². The van der Waals surface area contributed by atoms with Crippen LogP contribution in [0, 0.1) is 6.92 Å². The number of ether oxygens (including phenoxy) is 1. The minimum absolute atomic E-state index is 0.00378. The second-order valence-corrected chi connectivity index (χ2v) is 6.39. The molecular formula is C23H24N2O2. The SMILES string of the molecule is Cc1cccc(NC(=O)CCNc2ccc(OCc3ccccc3)cc2)c1. The zero-order chi connectivity index (χ0) is 18.9. The number of carbonyl (C=O) groups excluding carboxylic acids is 1. The van der Waals surface area contributed by atoms with Gasteiger partial charge in [-0.15, -0.1) is 0 Å². The molecule has 0 bridgehead atoms. The molecule has 0 saturated heterocycles. The van der Waals surface area contributed by atoms with Crippen LogP contribution in [0.4, 0.5) is 11.4 Å². The molecule has 1 amide bonds. The van der Waals surface area contributed by atoms with Gasteiger partial charge < -0.3 is 15.4 Å². The van der Waals surface area contributed by atoms with Crippen LogP contribution in [-0.2, 0) is 11.4 Å². The Labute approximate surface area is 160 Å². The van der Waals surface area contributed by atoms with Crippen LogP contribution in [0.2, 0.25) is 0 Å². The molecule has 0 spiro atoms. The number of amides is 1. The Morgan fingerprint density at radius 3 is 2.41 bits per heavy atom. The monoisotopic (exact) mass is 360 g/mol. The van der Waals surface area contributed by atoms with Crippen molar-refractivity contribution in [3.63, 3.8) is 0 Å². The number of anilines is 2. The second kappa shape index (κ2) is 9.43. The Morgan fingerprint density at radius 2 is 1.67 bits per heavy atom. The second-order valence-electron chi connectivity index (χ2n) is 6.39. The highest BCUT2D eigenvalue weighted by atomic mass is 16.5. The van der Waals surface area contributed by atoms with Crippen LogP contribution in [0.5, 0.6) is 5.75 Å². The van der Waals surface area contributed by atoms with Crippen LogP contribution in [0.25, 0.3) is 0 Å². The largest absolute Gasteiger partial charge is 0.489 e. The van der Waals surface area contributed by atoms with Gasteiger partial charge in [0.05, 0.1) is 0 Å². The smallest absolute Gasteiger partial charge is 0.226 e. The van der Waals surface area contributed by atoms with Gasteiger partial charge in [0.1, 0.15) is 12.4 Å². The molecule has 0 saturated carbocycles. The van der Waals surface area contributed by atoms with Crippen LogP contribution >= 0.6 is 0 Å². The summed E-state index contributed by atoms with van der Waals surface area (Å²) >= 11 is 0. The third kappa shape index (κ3) is 6.19. The molecule has 0 aliphatic carbocycles. The van der Waals surface area contributed by atoms with Crippen molar-refractivity contribution in [1.29, 1.82) is 0 Å². The lowest BCUT2D eigenvalue weighted by atomic mass is 10.2. The summed E-state index contributed by atoms with van der Waals surface area (Å²) in [5.74, 6) is 0.817. The van der Waals surface area contributed by atoms with Gasteiger partial charge in [-0.1, -0.05) is 42.5 Å². The van der Waals surface area contributed by atoms with Gasteiger partial charge in [0.2, 0.25) is 5.91 Å². The summed E-state index contributed by atoms with van der Waals surface area (Å²) in [4.78, 5) is 12.0. The van der Waals surface area contributed by atoms with Crippen molar-refractivity contribution >= 4 is 17.3 Å². The Kier molecular flexibility index (Phi) is 6.47. The number of aryl methyl sites for hydroxylation is 1. The van der Waals surface area contributed by atoms with E-state index in [1.807, 2.05) is 85.8 Å². The highest BCUT2D eigenvalue weighted by Gasteiger charge is 2.03. The van der Waals surface area contributed by atoms with Crippen molar-refractivity contribution in [3.8, 4) is 5.75 Å². The summed E-state index contributed by atoms with van der Waals surface area (Å²) in [7, 11) is 0. The molecule has 0 unspecified atom stereocenters. The van der Waals surface area contributed by atoms with Crippen molar-refractivity contribution in [2.24, 2.45) is 0 Å². The van der Waals surface area contributed by atoms with E-state index in [1.165, 1.54) is 0 Å². The molecule has 0 aliphatic heterocycles. The molecular weight excluding hydrogens is 336 g/mol. The van der Waals surface area contributed by atoms with E-state index >= 15 is 0 Å². The molecule has 3 aromatic carbocycles. The van der Waals surface area contributed by atoms with E-state index in [-0.39, 0.29) is 5.91 Å². The Hall–Kier alpha value is -3.27. The first-order chi connectivity index (χ1) is 13.2. The Morgan fingerprint density at radius 1 is 0.889 bits per heavy atom. The fourth-order valence-corrected chi connectivity index (χ4v) is 2.68. The first-order valence-electron chi connectivity index (χ1n) is 9.06. The fourth-order valence-electron chi connectivity index (χ4n) is 2.68. The molecule has 138 valence electrons. The van der Waals surface area contributed by atoms with E-state index in [9.17, 15) is 4.79 Å². The molecule has 0 fully saturated rings. The zero-order valence-electron chi connectivity index (χ0n) is 15.4. The molecule has 3 aromatic rings. The predicted octanol–water partition coefficient (Wildman–Crippen LogP) is 5.01.